The van der Waals surface area contributed by atoms with E-state index in [2.05, 4.69) is 11.1 Å². The van der Waals surface area contributed by atoms with Crippen LogP contribution in [0.3, 0.4) is 0 Å². The topological polar surface area (TPSA) is 53.5 Å². The predicted octanol–water partition coefficient (Wildman–Crippen LogP) is 4.37. The van der Waals surface area contributed by atoms with Crippen LogP contribution in [0, 0.1) is 0 Å². The number of fused-ring (bicyclic) bond motifs is 1. The molecular formula is C23H27N3O2S. The van der Waals surface area contributed by atoms with Gasteiger partial charge in [-0.15, -0.1) is 11.3 Å². The standard InChI is InChI=1S/C23H27N3O2S/c1-4-26(16-17-12-14-18(15-13-17)23(28)25(2)3)22(27)11-7-10-21-24-19-8-5-6-9-20(19)29-21/h5-6,8-9,12-15H,4,7,10-11,16H2,1-3H3. The fraction of sp³-hybridized carbons (Fsp3) is 0.348. The molecule has 0 atom stereocenters. The number of benzene rings is 2. The zero-order chi connectivity index (χ0) is 20.8. The van der Waals surface area contributed by atoms with Crippen LogP contribution in [0.15, 0.2) is 48.5 Å². The molecule has 1 aromatic heterocycles. The second-order valence-corrected chi connectivity index (χ2v) is 8.35. The van der Waals surface area contributed by atoms with Gasteiger partial charge in [0.2, 0.25) is 5.91 Å². The molecule has 2 amide bonds. The van der Waals surface area contributed by atoms with Gasteiger partial charge >= 0.3 is 0 Å². The lowest BCUT2D eigenvalue weighted by atomic mass is 10.1. The first kappa shape index (κ1) is 21.0. The average molecular weight is 410 g/mol. The molecule has 2 aromatic carbocycles. The van der Waals surface area contributed by atoms with Crippen LogP contribution in [0.2, 0.25) is 0 Å². The van der Waals surface area contributed by atoms with E-state index in [1.54, 1.807) is 30.3 Å². The second kappa shape index (κ2) is 9.65. The molecule has 3 rings (SSSR count). The Morgan fingerprint density at radius 3 is 2.41 bits per heavy atom. The summed E-state index contributed by atoms with van der Waals surface area (Å²) in [6.45, 7) is 3.22. The largest absolute Gasteiger partial charge is 0.345 e. The average Bonchev–Trinajstić information content (AvgIpc) is 3.14. The van der Waals surface area contributed by atoms with E-state index in [1.165, 1.54) is 4.70 Å². The van der Waals surface area contributed by atoms with E-state index in [1.807, 2.05) is 54.3 Å². The maximum Gasteiger partial charge on any atom is 0.253 e. The number of thiazole rings is 1. The Hall–Kier alpha value is -2.73. The van der Waals surface area contributed by atoms with Crippen LogP contribution in [-0.4, -0.2) is 47.2 Å². The van der Waals surface area contributed by atoms with Gasteiger partial charge in [-0.2, -0.15) is 0 Å². The van der Waals surface area contributed by atoms with Crippen molar-refractivity contribution in [2.45, 2.75) is 32.7 Å². The summed E-state index contributed by atoms with van der Waals surface area (Å²) in [7, 11) is 3.48. The fourth-order valence-corrected chi connectivity index (χ4v) is 4.19. The van der Waals surface area contributed by atoms with E-state index in [0.29, 0.717) is 25.1 Å². The Labute approximate surface area is 176 Å². The van der Waals surface area contributed by atoms with E-state index >= 15 is 0 Å². The Balaban J connectivity index is 1.52. The summed E-state index contributed by atoms with van der Waals surface area (Å²) in [5, 5.41) is 1.09. The third kappa shape index (κ3) is 5.41. The second-order valence-electron chi connectivity index (χ2n) is 7.23. The number of rotatable bonds is 8. The lowest BCUT2D eigenvalue weighted by Gasteiger charge is -2.21. The lowest BCUT2D eigenvalue weighted by Crippen LogP contribution is -2.30. The minimum atomic E-state index is -0.0187. The van der Waals surface area contributed by atoms with Crippen molar-refractivity contribution in [3.8, 4) is 0 Å². The molecule has 29 heavy (non-hydrogen) atoms. The van der Waals surface area contributed by atoms with Crippen LogP contribution in [0.1, 0.15) is 40.7 Å². The van der Waals surface area contributed by atoms with Crippen molar-refractivity contribution in [2.24, 2.45) is 0 Å². The van der Waals surface area contributed by atoms with Crippen LogP contribution in [0.25, 0.3) is 10.2 Å². The molecule has 0 spiro atoms. The summed E-state index contributed by atoms with van der Waals surface area (Å²) < 4.78 is 1.19. The van der Waals surface area contributed by atoms with Gasteiger partial charge in [-0.3, -0.25) is 9.59 Å². The van der Waals surface area contributed by atoms with Crippen molar-refractivity contribution in [3.63, 3.8) is 0 Å². The summed E-state index contributed by atoms with van der Waals surface area (Å²) in [5.74, 6) is 0.136. The highest BCUT2D eigenvalue weighted by Crippen LogP contribution is 2.23. The summed E-state index contributed by atoms with van der Waals surface area (Å²) >= 11 is 1.70. The molecule has 0 N–H and O–H groups in total. The molecule has 0 aliphatic carbocycles. The Kier molecular flexibility index (Phi) is 6.99. The smallest absolute Gasteiger partial charge is 0.253 e. The normalized spacial score (nSPS) is 10.9. The molecule has 0 radical (unpaired) electrons. The monoisotopic (exact) mass is 409 g/mol. The van der Waals surface area contributed by atoms with Gasteiger partial charge in [0.1, 0.15) is 0 Å². The SMILES string of the molecule is CCN(Cc1ccc(C(=O)N(C)C)cc1)C(=O)CCCc1nc2ccccc2s1. The predicted molar refractivity (Wildman–Crippen MR) is 118 cm³/mol. The molecule has 0 fully saturated rings. The van der Waals surface area contributed by atoms with Crippen molar-refractivity contribution >= 4 is 33.4 Å². The number of aryl methyl sites for hydroxylation is 1. The third-order valence-corrected chi connectivity index (χ3v) is 5.93. The van der Waals surface area contributed by atoms with Crippen molar-refractivity contribution in [2.75, 3.05) is 20.6 Å². The molecule has 0 saturated carbocycles. The summed E-state index contributed by atoms with van der Waals surface area (Å²) in [5.41, 5.74) is 2.72. The van der Waals surface area contributed by atoms with E-state index in [-0.39, 0.29) is 11.8 Å². The van der Waals surface area contributed by atoms with Gasteiger partial charge in [0.25, 0.3) is 5.91 Å². The van der Waals surface area contributed by atoms with Crippen LogP contribution in [0.4, 0.5) is 0 Å². The van der Waals surface area contributed by atoms with Gasteiger partial charge in [0, 0.05) is 39.2 Å². The number of nitrogens with zero attached hydrogens (tertiary/aromatic N) is 3. The summed E-state index contributed by atoms with van der Waals surface area (Å²) in [6, 6.07) is 15.6. The van der Waals surface area contributed by atoms with Crippen molar-refractivity contribution in [1.82, 2.24) is 14.8 Å². The fourth-order valence-electron chi connectivity index (χ4n) is 3.18. The minimum absolute atomic E-state index is 0.0187. The Morgan fingerprint density at radius 2 is 1.76 bits per heavy atom. The van der Waals surface area contributed by atoms with Crippen LogP contribution >= 0.6 is 11.3 Å². The quantitative estimate of drug-likeness (QED) is 0.555. The number of aromatic nitrogens is 1. The van der Waals surface area contributed by atoms with Gasteiger partial charge in [-0.05, 0) is 49.6 Å². The van der Waals surface area contributed by atoms with Gasteiger partial charge in [-0.1, -0.05) is 24.3 Å². The Bertz CT molecular complexity index is 946. The van der Waals surface area contributed by atoms with Crippen molar-refractivity contribution in [1.29, 1.82) is 0 Å². The summed E-state index contributed by atoms with van der Waals surface area (Å²) in [4.78, 5) is 32.7. The molecule has 0 saturated heterocycles. The number of amides is 2. The highest BCUT2D eigenvalue weighted by molar-refractivity contribution is 7.18. The van der Waals surface area contributed by atoms with Gasteiger partial charge in [-0.25, -0.2) is 4.98 Å². The molecule has 1 heterocycles. The molecule has 0 bridgehead atoms. The van der Waals surface area contributed by atoms with Crippen LogP contribution in [0.5, 0.6) is 0 Å². The number of para-hydroxylation sites is 1. The Morgan fingerprint density at radius 1 is 1.03 bits per heavy atom. The maximum absolute atomic E-state index is 12.7. The van der Waals surface area contributed by atoms with Gasteiger partial charge in [0.15, 0.2) is 0 Å². The number of carbonyl (C=O) groups is 2. The van der Waals surface area contributed by atoms with E-state index in [4.69, 9.17) is 0 Å². The zero-order valence-corrected chi connectivity index (χ0v) is 18.0. The number of carbonyl (C=O) groups excluding carboxylic acids is 2. The van der Waals surface area contributed by atoms with E-state index < -0.39 is 0 Å². The zero-order valence-electron chi connectivity index (χ0n) is 17.2. The highest BCUT2D eigenvalue weighted by atomic mass is 32.1. The van der Waals surface area contributed by atoms with Gasteiger partial charge in [0.05, 0.1) is 15.2 Å². The number of hydrogen-bond acceptors (Lipinski definition) is 4. The molecule has 0 aliphatic rings. The van der Waals surface area contributed by atoms with Gasteiger partial charge < -0.3 is 9.80 Å². The maximum atomic E-state index is 12.7. The lowest BCUT2D eigenvalue weighted by molar-refractivity contribution is -0.131. The van der Waals surface area contributed by atoms with Crippen LogP contribution < -0.4 is 0 Å². The van der Waals surface area contributed by atoms with E-state index in [0.717, 1.165) is 28.9 Å². The summed E-state index contributed by atoms with van der Waals surface area (Å²) in [6.07, 6.45) is 2.14. The molecule has 0 unspecified atom stereocenters. The molecule has 0 aliphatic heterocycles. The first-order valence-corrected chi connectivity index (χ1v) is 10.7. The molecule has 3 aromatic rings. The van der Waals surface area contributed by atoms with Crippen molar-refractivity contribution in [3.05, 3.63) is 64.7 Å². The first-order valence-electron chi connectivity index (χ1n) is 9.90. The first-order chi connectivity index (χ1) is 14.0. The molecule has 6 heteroatoms. The van der Waals surface area contributed by atoms with E-state index in [9.17, 15) is 9.59 Å². The minimum Gasteiger partial charge on any atom is -0.345 e. The molecule has 5 nitrogen and oxygen atoms in total. The third-order valence-electron chi connectivity index (χ3n) is 4.83. The highest BCUT2D eigenvalue weighted by Gasteiger charge is 2.14. The molecule has 152 valence electrons. The number of hydrogen-bond donors (Lipinski definition) is 0. The molecular weight excluding hydrogens is 382 g/mol. The van der Waals surface area contributed by atoms with Crippen molar-refractivity contribution < 1.29 is 9.59 Å². The van der Waals surface area contributed by atoms with Crippen LogP contribution in [-0.2, 0) is 17.8 Å².